The quantitative estimate of drug-likeness (QED) is 0.493. The zero-order valence-corrected chi connectivity index (χ0v) is 16.2. The lowest BCUT2D eigenvalue weighted by molar-refractivity contribution is -0.385. The molecule has 8 nitrogen and oxygen atoms in total. The third-order valence-electron chi connectivity index (χ3n) is 4.94. The molecule has 0 saturated carbocycles. The van der Waals surface area contributed by atoms with Crippen LogP contribution < -0.4 is 5.56 Å². The van der Waals surface area contributed by atoms with Gasteiger partial charge in [0, 0.05) is 23.4 Å². The number of nitro benzene ring substituents is 1. The van der Waals surface area contributed by atoms with Gasteiger partial charge in [-0.2, -0.15) is 10.2 Å². The van der Waals surface area contributed by atoms with Gasteiger partial charge in [-0.3, -0.25) is 24.5 Å². The van der Waals surface area contributed by atoms with Crippen molar-refractivity contribution in [3.05, 3.63) is 97.2 Å². The van der Waals surface area contributed by atoms with Crippen LogP contribution in [-0.4, -0.2) is 20.2 Å². The minimum Gasteiger partial charge on any atom is -0.299 e. The van der Waals surface area contributed by atoms with E-state index in [0.717, 1.165) is 12.1 Å². The van der Waals surface area contributed by atoms with E-state index in [1.165, 1.54) is 12.1 Å². The first kappa shape index (κ1) is 19.2. The van der Waals surface area contributed by atoms with Crippen LogP contribution in [-0.2, 0) is 13.0 Å². The van der Waals surface area contributed by atoms with Crippen LogP contribution in [0.4, 0.5) is 5.69 Å². The lowest BCUT2D eigenvalue weighted by Gasteiger charge is -2.17. The summed E-state index contributed by atoms with van der Waals surface area (Å²) in [7, 11) is 0. The second kappa shape index (κ2) is 7.72. The first-order valence-electron chi connectivity index (χ1n) is 9.48. The van der Waals surface area contributed by atoms with Gasteiger partial charge < -0.3 is 0 Å². The van der Waals surface area contributed by atoms with Crippen molar-refractivity contribution < 1.29 is 4.92 Å². The highest BCUT2D eigenvalue weighted by atomic mass is 16.6. The summed E-state index contributed by atoms with van der Waals surface area (Å²) >= 11 is 0. The zero-order valence-electron chi connectivity index (χ0n) is 16.2. The van der Waals surface area contributed by atoms with Crippen molar-refractivity contribution in [2.24, 2.45) is 4.99 Å². The van der Waals surface area contributed by atoms with Crippen molar-refractivity contribution in [2.45, 2.75) is 26.3 Å². The smallest absolute Gasteiger partial charge is 0.280 e. The largest absolute Gasteiger partial charge is 0.299 e. The molecule has 0 saturated heterocycles. The van der Waals surface area contributed by atoms with Crippen molar-refractivity contribution in [2.75, 3.05) is 0 Å². The highest BCUT2D eigenvalue weighted by Crippen LogP contribution is 2.32. The van der Waals surface area contributed by atoms with Crippen LogP contribution >= 0.6 is 0 Å². The Morgan fingerprint density at radius 3 is 2.67 bits per heavy atom. The number of nitriles is 1. The molecule has 2 heterocycles. The topological polar surface area (TPSA) is 114 Å². The summed E-state index contributed by atoms with van der Waals surface area (Å²) in [6, 6.07) is 15.1. The molecule has 30 heavy (non-hydrogen) atoms. The number of fused-ring (bicyclic) bond motifs is 3. The fraction of sp³-hybridized carbons (Fsp3) is 0.182. The summed E-state index contributed by atoms with van der Waals surface area (Å²) in [5, 5.41) is 20.9. The molecule has 0 spiro atoms. The van der Waals surface area contributed by atoms with E-state index in [9.17, 15) is 14.9 Å². The number of benzene rings is 2. The second-order valence-corrected chi connectivity index (χ2v) is 6.87. The number of rotatable bonds is 4. The van der Waals surface area contributed by atoms with E-state index >= 15 is 0 Å². The predicted octanol–water partition coefficient (Wildman–Crippen LogP) is 3.32. The molecule has 0 fully saturated rings. The molecule has 2 aromatic carbocycles. The molecule has 0 amide bonds. The number of hydrogen-bond acceptors (Lipinski definition) is 6. The normalized spacial score (nSPS) is 12.2. The summed E-state index contributed by atoms with van der Waals surface area (Å²) in [5.41, 5.74) is 2.81. The molecular formula is C22H17N5O3. The summed E-state index contributed by atoms with van der Waals surface area (Å²) in [4.78, 5) is 32.3. The fourth-order valence-corrected chi connectivity index (χ4v) is 3.70. The lowest BCUT2D eigenvalue weighted by Crippen LogP contribution is -2.20. The van der Waals surface area contributed by atoms with Gasteiger partial charge in [0.1, 0.15) is 11.4 Å². The van der Waals surface area contributed by atoms with E-state index in [1.54, 1.807) is 36.4 Å². The number of nitrogens with zero attached hydrogens (tertiary/aromatic N) is 5. The minimum atomic E-state index is -0.432. The minimum absolute atomic E-state index is 0.0791. The Balaban J connectivity index is 2.06. The Labute approximate surface area is 171 Å². The molecule has 1 aliphatic heterocycles. The maximum atomic E-state index is 12.1. The molecule has 1 aliphatic rings. The summed E-state index contributed by atoms with van der Waals surface area (Å²) in [5.74, 6) is 0.441. The fourth-order valence-electron chi connectivity index (χ4n) is 3.70. The molecular weight excluding hydrogens is 382 g/mol. The number of aliphatic imine (C=N–C) groups is 1. The van der Waals surface area contributed by atoms with Gasteiger partial charge >= 0.3 is 0 Å². The average Bonchev–Trinajstić information content (AvgIpc) is 2.90. The monoisotopic (exact) mass is 399 g/mol. The molecule has 0 N–H and O–H groups in total. The van der Waals surface area contributed by atoms with Crippen molar-refractivity contribution in [3.8, 4) is 11.8 Å². The van der Waals surface area contributed by atoms with Gasteiger partial charge in [0.15, 0.2) is 0 Å². The van der Waals surface area contributed by atoms with Crippen LogP contribution in [0.25, 0.3) is 5.69 Å². The number of hydrogen-bond donors (Lipinski definition) is 0. The molecule has 0 unspecified atom stereocenters. The van der Waals surface area contributed by atoms with Gasteiger partial charge in [0.05, 0.1) is 34.5 Å². The maximum Gasteiger partial charge on any atom is 0.280 e. The van der Waals surface area contributed by atoms with E-state index in [0.29, 0.717) is 40.3 Å². The maximum absolute atomic E-state index is 12.1. The Morgan fingerprint density at radius 1 is 1.23 bits per heavy atom. The molecule has 0 radical (unpaired) electrons. The van der Waals surface area contributed by atoms with Gasteiger partial charge in [-0.1, -0.05) is 31.5 Å². The molecule has 4 rings (SSSR count). The van der Waals surface area contributed by atoms with Gasteiger partial charge in [-0.15, -0.1) is 0 Å². The van der Waals surface area contributed by atoms with E-state index in [1.807, 2.05) is 11.5 Å². The van der Waals surface area contributed by atoms with Gasteiger partial charge in [-0.25, -0.2) is 0 Å². The van der Waals surface area contributed by atoms with Crippen molar-refractivity contribution in [1.29, 1.82) is 5.26 Å². The van der Waals surface area contributed by atoms with Gasteiger partial charge in [0.25, 0.3) is 11.2 Å². The van der Waals surface area contributed by atoms with E-state index in [4.69, 9.17) is 5.26 Å². The summed E-state index contributed by atoms with van der Waals surface area (Å²) in [6.07, 6.45) is 1.43. The second-order valence-electron chi connectivity index (χ2n) is 6.87. The van der Waals surface area contributed by atoms with Crippen LogP contribution in [0.5, 0.6) is 0 Å². The van der Waals surface area contributed by atoms with Crippen molar-refractivity contribution in [1.82, 2.24) is 9.55 Å². The molecule has 0 aliphatic carbocycles. The number of aryl methyl sites for hydroxylation is 1. The molecule has 0 bridgehead atoms. The van der Waals surface area contributed by atoms with Crippen molar-refractivity contribution >= 4 is 11.4 Å². The van der Waals surface area contributed by atoms with Crippen LogP contribution in [0.2, 0.25) is 0 Å². The first-order valence-corrected chi connectivity index (χ1v) is 9.48. The highest BCUT2D eigenvalue weighted by Gasteiger charge is 2.28. The van der Waals surface area contributed by atoms with E-state index in [2.05, 4.69) is 16.0 Å². The number of aromatic nitrogens is 2. The van der Waals surface area contributed by atoms with Crippen LogP contribution in [0.15, 0.2) is 58.3 Å². The lowest BCUT2D eigenvalue weighted by atomic mass is 9.97. The Hall–Kier alpha value is -4.12. The predicted molar refractivity (Wildman–Crippen MR) is 111 cm³/mol. The zero-order chi connectivity index (χ0) is 21.3. The molecule has 8 heteroatoms. The Kier molecular flexibility index (Phi) is 4.94. The highest BCUT2D eigenvalue weighted by molar-refractivity contribution is 6.17. The summed E-state index contributed by atoms with van der Waals surface area (Å²) < 4.78 is 1.81. The first-order chi connectivity index (χ1) is 14.5. The molecule has 3 aromatic rings. The molecule has 148 valence electrons. The third kappa shape index (κ3) is 3.26. The average molecular weight is 399 g/mol. The number of nitro groups is 1. The summed E-state index contributed by atoms with van der Waals surface area (Å²) in [6.45, 7) is 2.11. The Morgan fingerprint density at radius 2 is 2.00 bits per heavy atom. The third-order valence-corrected chi connectivity index (χ3v) is 4.94. The molecule has 1 aromatic heterocycles. The Bertz CT molecular complexity index is 1280. The van der Waals surface area contributed by atoms with Crippen LogP contribution in [0.1, 0.15) is 41.6 Å². The van der Waals surface area contributed by atoms with Crippen LogP contribution in [0, 0.1) is 21.4 Å². The molecule has 0 atom stereocenters. The van der Waals surface area contributed by atoms with E-state index in [-0.39, 0.29) is 17.8 Å². The standard InChI is InChI=1S/C22H17N5O3/c1-2-4-16-11-20(28)25-19-13-24-22(15-9-7-14(12-23)8-10-15)21-17(26(16)19)5-3-6-18(21)27(29)30/h3,5-11H,2,4,13H2,1H3. The van der Waals surface area contributed by atoms with Gasteiger partial charge in [0.2, 0.25) is 0 Å². The van der Waals surface area contributed by atoms with Crippen LogP contribution in [0.3, 0.4) is 0 Å². The van der Waals surface area contributed by atoms with Gasteiger partial charge in [-0.05, 0) is 24.6 Å². The van der Waals surface area contributed by atoms with E-state index < -0.39 is 4.92 Å². The SMILES string of the molecule is CCCc1cc(=O)nc2n1-c1cccc([N+](=O)[O-])c1C(c1ccc(C#N)cc1)=NC2. The van der Waals surface area contributed by atoms with Crippen molar-refractivity contribution in [3.63, 3.8) is 0 Å².